The normalized spacial score (nSPS) is 10.4. The minimum atomic E-state index is 0.0118. The molecule has 0 aliphatic carbocycles. The van der Waals surface area contributed by atoms with E-state index in [2.05, 4.69) is 0 Å². The first-order valence-electron chi connectivity index (χ1n) is 12.3. The molecule has 1 aromatic heterocycles. The van der Waals surface area contributed by atoms with Crippen molar-refractivity contribution in [2.45, 2.75) is 0 Å². The van der Waals surface area contributed by atoms with E-state index in [1.807, 2.05) is 91.0 Å². The molecule has 0 fully saturated rings. The van der Waals surface area contributed by atoms with Crippen LogP contribution in [-0.2, 0) is 0 Å². The van der Waals surface area contributed by atoms with Crippen LogP contribution in [0.3, 0.4) is 0 Å². The third kappa shape index (κ3) is 3.87. The van der Waals surface area contributed by atoms with Gasteiger partial charge < -0.3 is 9.15 Å². The van der Waals surface area contributed by atoms with E-state index >= 15 is 0 Å². The Hall–Kier alpha value is -6.34. The molecule has 0 radical (unpaired) electrons. The second-order valence-electron chi connectivity index (χ2n) is 8.95. The summed E-state index contributed by atoms with van der Waals surface area (Å²) in [5, 5.41) is 41.3. The van der Waals surface area contributed by atoms with Crippen LogP contribution in [0.4, 0.5) is 0 Å². The average Bonchev–Trinajstić information content (AvgIpc) is 3.38. The lowest BCUT2D eigenvalue weighted by atomic mass is 9.88. The minimum absolute atomic E-state index is 0.0118. The molecule has 0 amide bonds. The van der Waals surface area contributed by atoms with E-state index in [9.17, 15) is 21.0 Å². The number of rotatable bonds is 4. The van der Waals surface area contributed by atoms with Gasteiger partial charge in [-0.15, -0.1) is 0 Å². The van der Waals surface area contributed by atoms with Gasteiger partial charge in [0.25, 0.3) is 0 Å². The number of hydrogen-bond acceptors (Lipinski definition) is 6. The standard InChI is InChI=1S/C34H16N4O2/c35-17-22-15-23(18-36)29(20-38)34(28(22)19-37)27-9-3-6-12-32(27)39-30-10-4-1-7-24(30)21-13-14-26-25-8-2-5-11-31(25)40-33(26)16-21/h1-16H. The first-order valence-corrected chi connectivity index (χ1v) is 12.3. The number of hydrogen-bond donors (Lipinski definition) is 0. The van der Waals surface area contributed by atoms with Crippen molar-refractivity contribution in [2.75, 3.05) is 0 Å². The van der Waals surface area contributed by atoms with E-state index in [0.29, 0.717) is 17.1 Å². The van der Waals surface area contributed by atoms with E-state index in [1.165, 1.54) is 6.07 Å². The van der Waals surface area contributed by atoms with Gasteiger partial charge in [0.15, 0.2) is 0 Å². The van der Waals surface area contributed by atoms with E-state index in [0.717, 1.165) is 33.1 Å². The molecule has 0 unspecified atom stereocenters. The van der Waals surface area contributed by atoms with E-state index < -0.39 is 0 Å². The highest BCUT2D eigenvalue weighted by Crippen LogP contribution is 2.42. The lowest BCUT2D eigenvalue weighted by molar-refractivity contribution is 0.486. The first-order chi connectivity index (χ1) is 19.7. The summed E-state index contributed by atoms with van der Waals surface area (Å²) in [6.45, 7) is 0. The molecular weight excluding hydrogens is 496 g/mol. The van der Waals surface area contributed by atoms with Crippen LogP contribution in [0, 0.1) is 45.3 Å². The fourth-order valence-electron chi connectivity index (χ4n) is 4.93. The van der Waals surface area contributed by atoms with Crippen molar-refractivity contribution in [3.8, 4) is 58.0 Å². The number of benzene rings is 5. The van der Waals surface area contributed by atoms with Gasteiger partial charge in [0.1, 0.15) is 46.9 Å². The SMILES string of the molecule is N#Cc1cc(C#N)c(C#N)c(-c2ccccc2Oc2ccccc2-c2ccc3c(c2)oc2ccccc23)c1C#N. The molecule has 6 heteroatoms. The van der Waals surface area contributed by atoms with E-state index in [4.69, 9.17) is 9.15 Å². The number of fused-ring (bicyclic) bond motifs is 3. The predicted molar refractivity (Wildman–Crippen MR) is 150 cm³/mol. The van der Waals surface area contributed by atoms with Gasteiger partial charge in [-0.05, 0) is 42.0 Å². The van der Waals surface area contributed by atoms with Crippen LogP contribution in [0.25, 0.3) is 44.2 Å². The van der Waals surface area contributed by atoms with Crippen molar-refractivity contribution in [2.24, 2.45) is 0 Å². The Kier molecular flexibility index (Phi) is 5.91. The Labute approximate surface area is 229 Å². The summed E-state index contributed by atoms with van der Waals surface area (Å²) in [6.07, 6.45) is 0. The van der Waals surface area contributed by atoms with Crippen molar-refractivity contribution in [3.63, 3.8) is 0 Å². The van der Waals surface area contributed by atoms with Gasteiger partial charge in [-0.3, -0.25) is 0 Å². The summed E-state index contributed by atoms with van der Waals surface area (Å²) in [4.78, 5) is 0. The summed E-state index contributed by atoms with van der Waals surface area (Å²) in [5.74, 6) is 0.908. The molecule has 6 rings (SSSR count). The molecule has 1 heterocycles. The molecule has 0 bridgehead atoms. The first kappa shape index (κ1) is 24.0. The monoisotopic (exact) mass is 512 g/mol. The zero-order chi connectivity index (χ0) is 27.6. The number of ether oxygens (including phenoxy) is 1. The molecule has 6 nitrogen and oxygen atoms in total. The van der Waals surface area contributed by atoms with Crippen LogP contribution >= 0.6 is 0 Å². The van der Waals surface area contributed by atoms with Crippen molar-refractivity contribution < 1.29 is 9.15 Å². The summed E-state index contributed by atoms with van der Waals surface area (Å²) in [7, 11) is 0. The molecule has 0 N–H and O–H groups in total. The summed E-state index contributed by atoms with van der Waals surface area (Å²) >= 11 is 0. The van der Waals surface area contributed by atoms with Gasteiger partial charge in [-0.25, -0.2) is 0 Å². The molecular formula is C34H16N4O2. The predicted octanol–water partition coefficient (Wildman–Crippen LogP) is 8.20. The Morgan fingerprint density at radius 2 is 1.10 bits per heavy atom. The number of furan rings is 1. The molecule has 0 aliphatic heterocycles. The number of para-hydroxylation sites is 3. The molecule has 40 heavy (non-hydrogen) atoms. The van der Waals surface area contributed by atoms with E-state index in [1.54, 1.807) is 24.3 Å². The van der Waals surface area contributed by atoms with Crippen molar-refractivity contribution in [1.82, 2.24) is 0 Å². The maximum Gasteiger partial charge on any atom is 0.136 e. The smallest absolute Gasteiger partial charge is 0.136 e. The highest BCUT2D eigenvalue weighted by Gasteiger charge is 2.23. The maximum atomic E-state index is 9.94. The second-order valence-corrected chi connectivity index (χ2v) is 8.95. The topological polar surface area (TPSA) is 118 Å². The third-order valence-corrected chi connectivity index (χ3v) is 6.74. The van der Waals surface area contributed by atoms with Crippen LogP contribution < -0.4 is 4.74 Å². The molecule has 0 aliphatic rings. The van der Waals surface area contributed by atoms with Crippen LogP contribution in [0.5, 0.6) is 11.5 Å². The number of nitrogens with zero attached hydrogens (tertiary/aromatic N) is 4. The molecule has 0 atom stereocenters. The zero-order valence-corrected chi connectivity index (χ0v) is 20.8. The van der Waals surface area contributed by atoms with E-state index in [-0.39, 0.29) is 27.8 Å². The Morgan fingerprint density at radius 3 is 1.77 bits per heavy atom. The molecule has 0 spiro atoms. The summed E-state index contributed by atoms with van der Waals surface area (Å²) < 4.78 is 12.5. The minimum Gasteiger partial charge on any atom is -0.456 e. The Balaban J connectivity index is 1.50. The van der Waals surface area contributed by atoms with Gasteiger partial charge in [-0.2, -0.15) is 21.0 Å². The summed E-state index contributed by atoms with van der Waals surface area (Å²) in [5.41, 5.74) is 3.93. The van der Waals surface area contributed by atoms with Gasteiger partial charge in [0.05, 0.1) is 22.3 Å². The van der Waals surface area contributed by atoms with Crippen LogP contribution in [0.1, 0.15) is 22.3 Å². The summed E-state index contributed by atoms with van der Waals surface area (Å²) in [6, 6.07) is 37.7. The van der Waals surface area contributed by atoms with Crippen LogP contribution in [-0.4, -0.2) is 0 Å². The largest absolute Gasteiger partial charge is 0.456 e. The Bertz CT molecular complexity index is 2100. The number of nitriles is 4. The van der Waals surface area contributed by atoms with Gasteiger partial charge in [0.2, 0.25) is 0 Å². The molecule has 5 aromatic carbocycles. The second kappa shape index (κ2) is 9.85. The highest BCUT2D eigenvalue weighted by atomic mass is 16.5. The average molecular weight is 513 g/mol. The fraction of sp³-hybridized carbons (Fsp3) is 0. The fourth-order valence-corrected chi connectivity index (χ4v) is 4.93. The molecule has 0 saturated carbocycles. The Morgan fingerprint density at radius 1 is 0.525 bits per heavy atom. The lowest BCUT2D eigenvalue weighted by Gasteiger charge is -2.17. The molecule has 184 valence electrons. The molecule has 6 aromatic rings. The van der Waals surface area contributed by atoms with Crippen molar-refractivity contribution in [1.29, 1.82) is 21.0 Å². The van der Waals surface area contributed by atoms with Crippen LogP contribution in [0.2, 0.25) is 0 Å². The van der Waals surface area contributed by atoms with Crippen molar-refractivity contribution >= 4 is 21.9 Å². The quantitative estimate of drug-likeness (QED) is 0.235. The zero-order valence-electron chi connectivity index (χ0n) is 20.8. The maximum absolute atomic E-state index is 9.94. The lowest BCUT2D eigenvalue weighted by Crippen LogP contribution is -2.00. The van der Waals surface area contributed by atoms with Crippen LogP contribution in [0.15, 0.2) is 101 Å². The third-order valence-electron chi connectivity index (χ3n) is 6.74. The van der Waals surface area contributed by atoms with Gasteiger partial charge in [-0.1, -0.05) is 60.7 Å². The van der Waals surface area contributed by atoms with Gasteiger partial charge in [0, 0.05) is 27.5 Å². The van der Waals surface area contributed by atoms with Crippen molar-refractivity contribution in [3.05, 3.63) is 119 Å². The van der Waals surface area contributed by atoms with Gasteiger partial charge >= 0.3 is 0 Å². The highest BCUT2D eigenvalue weighted by molar-refractivity contribution is 6.06. The molecule has 0 saturated heterocycles.